The minimum atomic E-state index is 0.438. The number of hydrogen-bond acceptors (Lipinski definition) is 4. The van der Waals surface area contributed by atoms with Gasteiger partial charge in [-0.15, -0.1) is 10.2 Å². The average molecular weight is 427 g/mol. The highest BCUT2D eigenvalue weighted by Crippen LogP contribution is 2.28. The quantitative estimate of drug-likeness (QED) is 0.554. The summed E-state index contributed by atoms with van der Waals surface area (Å²) in [6, 6.07) is 9.86. The van der Waals surface area contributed by atoms with Gasteiger partial charge >= 0.3 is 0 Å². The van der Waals surface area contributed by atoms with Crippen LogP contribution >= 0.6 is 23.2 Å². The van der Waals surface area contributed by atoms with Crippen molar-refractivity contribution in [1.29, 1.82) is 5.26 Å². The minimum Gasteiger partial charge on any atom is -0.310 e. The van der Waals surface area contributed by atoms with E-state index >= 15 is 0 Å². The number of halogens is 2. The molecule has 0 unspecified atom stereocenters. The highest BCUT2D eigenvalue weighted by Gasteiger charge is 2.20. The lowest BCUT2D eigenvalue weighted by atomic mass is 10.1. The second-order valence-electron chi connectivity index (χ2n) is 7.11. The summed E-state index contributed by atoms with van der Waals surface area (Å²) in [6.07, 6.45) is 5.97. The summed E-state index contributed by atoms with van der Waals surface area (Å²) in [4.78, 5) is 0. The lowest BCUT2D eigenvalue weighted by molar-refractivity contribution is 0.627. The van der Waals surface area contributed by atoms with Crippen LogP contribution in [0.1, 0.15) is 47.7 Å². The van der Waals surface area contributed by atoms with Crippen LogP contribution in [0, 0.1) is 18.3 Å². The van der Waals surface area contributed by atoms with Gasteiger partial charge in [0, 0.05) is 23.6 Å². The molecule has 0 bridgehead atoms. The van der Waals surface area contributed by atoms with Gasteiger partial charge in [-0.2, -0.15) is 10.4 Å². The molecule has 0 saturated carbocycles. The van der Waals surface area contributed by atoms with Gasteiger partial charge < -0.3 is 4.57 Å². The molecule has 3 aromatic rings. The maximum Gasteiger partial charge on any atom is 0.174 e. The van der Waals surface area contributed by atoms with Gasteiger partial charge in [0.05, 0.1) is 17.8 Å². The monoisotopic (exact) mass is 426 g/mol. The molecule has 4 rings (SSSR count). The Kier molecular flexibility index (Phi) is 5.70. The van der Waals surface area contributed by atoms with Crippen molar-refractivity contribution in [3.05, 3.63) is 62.9 Å². The summed E-state index contributed by atoms with van der Waals surface area (Å²) in [5.74, 6) is 1.54. The van der Waals surface area contributed by atoms with Crippen LogP contribution in [0.25, 0.3) is 11.6 Å². The number of nitriles is 1. The Morgan fingerprint density at radius 3 is 2.83 bits per heavy atom. The fourth-order valence-electron chi connectivity index (χ4n) is 3.60. The molecule has 0 fully saturated rings. The van der Waals surface area contributed by atoms with Crippen molar-refractivity contribution >= 4 is 34.9 Å². The summed E-state index contributed by atoms with van der Waals surface area (Å²) in [5, 5.41) is 24.1. The molecule has 148 valence electrons. The van der Waals surface area contributed by atoms with Crippen LogP contribution in [0.4, 0.5) is 0 Å². The van der Waals surface area contributed by atoms with Crippen LogP contribution < -0.4 is 0 Å². The molecule has 1 aliphatic rings. The van der Waals surface area contributed by atoms with Crippen LogP contribution in [0.3, 0.4) is 0 Å². The van der Waals surface area contributed by atoms with Gasteiger partial charge in [-0.25, -0.2) is 4.68 Å². The highest BCUT2D eigenvalue weighted by atomic mass is 35.5. The van der Waals surface area contributed by atoms with Gasteiger partial charge in [0.15, 0.2) is 5.82 Å². The van der Waals surface area contributed by atoms with Gasteiger partial charge in [0.25, 0.3) is 0 Å². The van der Waals surface area contributed by atoms with Crippen LogP contribution in [0.2, 0.25) is 10.2 Å². The van der Waals surface area contributed by atoms with Crippen molar-refractivity contribution in [2.45, 2.75) is 45.7 Å². The first-order valence-electron chi connectivity index (χ1n) is 9.59. The summed E-state index contributed by atoms with van der Waals surface area (Å²) in [5.41, 5.74) is 2.82. The normalized spacial score (nSPS) is 14.3. The topological polar surface area (TPSA) is 72.3 Å². The summed E-state index contributed by atoms with van der Waals surface area (Å²) in [7, 11) is 0. The molecule has 29 heavy (non-hydrogen) atoms. The van der Waals surface area contributed by atoms with E-state index in [1.807, 2.05) is 31.2 Å². The van der Waals surface area contributed by atoms with Crippen molar-refractivity contribution in [2.75, 3.05) is 0 Å². The fourth-order valence-corrected chi connectivity index (χ4v) is 4.08. The van der Waals surface area contributed by atoms with Crippen LogP contribution in [-0.2, 0) is 19.5 Å². The third-order valence-electron chi connectivity index (χ3n) is 5.15. The molecule has 0 N–H and O–H groups in total. The predicted molar refractivity (Wildman–Crippen MR) is 114 cm³/mol. The third-order valence-corrected chi connectivity index (χ3v) is 5.91. The van der Waals surface area contributed by atoms with Gasteiger partial charge in [-0.05, 0) is 37.5 Å². The Labute approximate surface area is 179 Å². The molecule has 8 heteroatoms. The number of fused-ring (bicyclic) bond motifs is 1. The fraction of sp³-hybridized carbons (Fsp3) is 0.333. The van der Waals surface area contributed by atoms with E-state index in [2.05, 4.69) is 25.9 Å². The molecule has 1 aromatic carbocycles. The zero-order valence-corrected chi connectivity index (χ0v) is 17.6. The smallest absolute Gasteiger partial charge is 0.174 e. The van der Waals surface area contributed by atoms with Crippen molar-refractivity contribution in [1.82, 2.24) is 24.5 Å². The maximum atomic E-state index is 9.80. The molecular weight excluding hydrogens is 407 g/mol. The van der Waals surface area contributed by atoms with Crippen molar-refractivity contribution < 1.29 is 0 Å². The number of benzene rings is 1. The molecule has 0 saturated heterocycles. The predicted octanol–water partition coefficient (Wildman–Crippen LogP) is 4.93. The zero-order valence-electron chi connectivity index (χ0n) is 16.1. The standard InChI is InChI=1S/C21H20Cl2N6/c1-14-17(20(23)29(27-14)13-15-7-4-5-8-18(15)22)11-16(12-24)21-26-25-19-9-3-2-6-10-28(19)21/h4-5,7-8,11H,2-3,6,9-10,13H2,1H3/b16-11+. The lowest BCUT2D eigenvalue weighted by Crippen LogP contribution is -2.05. The zero-order chi connectivity index (χ0) is 20.4. The van der Waals surface area contributed by atoms with Crippen molar-refractivity contribution in [3.8, 4) is 6.07 Å². The molecule has 1 aliphatic heterocycles. The SMILES string of the molecule is Cc1nn(Cc2ccccc2Cl)c(Cl)c1/C=C(\C#N)c1nnc2n1CCCCC2. The Morgan fingerprint density at radius 2 is 2.03 bits per heavy atom. The van der Waals surface area contributed by atoms with Crippen molar-refractivity contribution in [2.24, 2.45) is 0 Å². The highest BCUT2D eigenvalue weighted by molar-refractivity contribution is 6.32. The van der Waals surface area contributed by atoms with E-state index in [9.17, 15) is 5.26 Å². The molecule has 0 amide bonds. The second kappa shape index (κ2) is 8.40. The molecule has 0 atom stereocenters. The van der Waals surface area contributed by atoms with Crippen LogP contribution in [-0.4, -0.2) is 24.5 Å². The van der Waals surface area contributed by atoms with E-state index in [-0.39, 0.29) is 0 Å². The molecular formula is C21H20Cl2N6. The summed E-state index contributed by atoms with van der Waals surface area (Å²) < 4.78 is 3.75. The average Bonchev–Trinajstić information content (AvgIpc) is 3.12. The summed E-state index contributed by atoms with van der Waals surface area (Å²) in [6.45, 7) is 3.16. The van der Waals surface area contributed by atoms with E-state index in [0.29, 0.717) is 33.7 Å². The molecule has 0 aliphatic carbocycles. The van der Waals surface area contributed by atoms with Gasteiger partial charge in [-0.1, -0.05) is 47.8 Å². The third kappa shape index (κ3) is 3.93. The van der Waals surface area contributed by atoms with E-state index in [0.717, 1.165) is 49.3 Å². The molecule has 2 aromatic heterocycles. The lowest BCUT2D eigenvalue weighted by Gasteiger charge is -2.06. The van der Waals surface area contributed by atoms with E-state index < -0.39 is 0 Å². The first-order valence-corrected chi connectivity index (χ1v) is 10.3. The molecule has 0 spiro atoms. The first kappa shape index (κ1) is 19.7. The molecule has 0 radical (unpaired) electrons. The number of rotatable bonds is 4. The van der Waals surface area contributed by atoms with Gasteiger partial charge in [0.1, 0.15) is 17.0 Å². The maximum absolute atomic E-state index is 9.80. The van der Waals surface area contributed by atoms with Crippen LogP contribution in [0.5, 0.6) is 0 Å². The minimum absolute atomic E-state index is 0.438. The van der Waals surface area contributed by atoms with Gasteiger partial charge in [0.2, 0.25) is 0 Å². The Bertz CT molecular complexity index is 1120. The number of aromatic nitrogens is 5. The second-order valence-corrected chi connectivity index (χ2v) is 7.88. The number of nitrogens with zero attached hydrogens (tertiary/aromatic N) is 6. The van der Waals surface area contributed by atoms with Crippen LogP contribution in [0.15, 0.2) is 24.3 Å². The largest absolute Gasteiger partial charge is 0.310 e. The van der Waals surface area contributed by atoms with E-state index in [1.165, 1.54) is 0 Å². The van der Waals surface area contributed by atoms with E-state index in [4.69, 9.17) is 23.2 Å². The summed E-state index contributed by atoms with van der Waals surface area (Å²) >= 11 is 12.9. The van der Waals surface area contributed by atoms with E-state index in [1.54, 1.807) is 10.8 Å². The number of aryl methyl sites for hydroxylation is 2. The first-order chi connectivity index (χ1) is 14.1. The Hall–Kier alpha value is -2.62. The Balaban J connectivity index is 1.71. The molecule has 6 nitrogen and oxygen atoms in total. The van der Waals surface area contributed by atoms with Crippen molar-refractivity contribution in [3.63, 3.8) is 0 Å². The number of allylic oxidation sites excluding steroid dienone is 1. The molecule has 3 heterocycles. The number of hydrogen-bond donors (Lipinski definition) is 0. The Morgan fingerprint density at radius 1 is 1.21 bits per heavy atom. The van der Waals surface area contributed by atoms with Gasteiger partial charge in [-0.3, -0.25) is 0 Å².